The Labute approximate surface area is 487 Å². The van der Waals surface area contributed by atoms with Crippen molar-refractivity contribution in [3.63, 3.8) is 0 Å². The van der Waals surface area contributed by atoms with Crippen molar-refractivity contribution in [1.82, 2.24) is 15.1 Å². The predicted octanol–water partition coefficient (Wildman–Crippen LogP) is 8.42. The van der Waals surface area contributed by atoms with Gasteiger partial charge in [0.05, 0.1) is 53.4 Å². The van der Waals surface area contributed by atoms with Crippen LogP contribution < -0.4 is 52.7 Å². The second-order valence-electron chi connectivity index (χ2n) is 21.6. The summed E-state index contributed by atoms with van der Waals surface area (Å²) < 4.78 is 46.5. The lowest BCUT2D eigenvalue weighted by Gasteiger charge is -2.29. The number of nitrogens with one attached hydrogen (secondary N) is 1. The van der Waals surface area contributed by atoms with E-state index in [-0.39, 0.29) is 62.4 Å². The van der Waals surface area contributed by atoms with E-state index in [0.29, 0.717) is 73.5 Å². The van der Waals surface area contributed by atoms with Crippen LogP contribution >= 0.6 is 0 Å². The quantitative estimate of drug-likeness (QED) is 0.0333. The van der Waals surface area contributed by atoms with Crippen molar-refractivity contribution in [1.29, 1.82) is 0 Å². The molecule has 4 aliphatic rings. The molecule has 6 atom stereocenters. The van der Waals surface area contributed by atoms with Gasteiger partial charge in [-0.25, -0.2) is 4.57 Å². The number of rotatable bonds is 27. The molecule has 83 heavy (non-hydrogen) atoms. The molecule has 3 N–H and O–H groups in total. The highest BCUT2D eigenvalue weighted by Crippen LogP contribution is 2.49. The molecule has 9 rings (SSSR count). The van der Waals surface area contributed by atoms with Crippen LogP contribution in [-0.4, -0.2) is 137 Å². The summed E-state index contributed by atoms with van der Waals surface area (Å²) in [5, 5.41) is 24.1. The van der Waals surface area contributed by atoms with Crippen LogP contribution in [0, 0.1) is 11.8 Å². The monoisotopic (exact) mass is 1140 g/mol. The van der Waals surface area contributed by atoms with Crippen molar-refractivity contribution < 1.29 is 71.9 Å². The number of amides is 2. The SMILES string of the molecule is CCCCN(C(=O)CN1C[C@H](c2cc(OC)c3c(c2)OCO3)[C@@H](C(=O)O)[C@@H]1CCCc1ccccc1OC)c1ccc[n+](C)c1.CCCCNC(=O)CN1C[C@H](c2cc(OC)c3c(c2)OCO3)[C@@H](C(=O)O)[C@@H]1CCCc1ccccc1OC. The third-order valence-corrected chi connectivity index (χ3v) is 16.4. The third-order valence-electron chi connectivity index (χ3n) is 16.4. The van der Waals surface area contributed by atoms with Crippen LogP contribution in [0.4, 0.5) is 5.69 Å². The summed E-state index contributed by atoms with van der Waals surface area (Å²) in [5.74, 6) is 0.778. The molecule has 19 heteroatoms. The summed E-state index contributed by atoms with van der Waals surface area (Å²) in [6.07, 6.45) is 11.8. The number of pyridine rings is 1. The van der Waals surface area contributed by atoms with Crippen LogP contribution in [0.25, 0.3) is 0 Å². The molecule has 2 amide bonds. The average Bonchev–Trinajstić information content (AvgIpc) is 3.77. The second kappa shape index (κ2) is 29.5. The van der Waals surface area contributed by atoms with E-state index in [0.717, 1.165) is 90.8 Å². The molecular weight excluding hydrogens is 1060 g/mol. The first-order valence-corrected chi connectivity index (χ1v) is 29.0. The number of carboxylic acids is 2. The molecule has 0 unspecified atom stereocenters. The number of methoxy groups -OCH3 is 4. The smallest absolute Gasteiger partial charge is 0.308 e. The Kier molecular flexibility index (Phi) is 21.8. The van der Waals surface area contributed by atoms with Crippen molar-refractivity contribution >= 4 is 29.4 Å². The normalized spacial score (nSPS) is 19.6. The number of hydrogen-bond acceptors (Lipinski definition) is 14. The molecule has 4 aliphatic heterocycles. The fourth-order valence-electron chi connectivity index (χ4n) is 12.3. The van der Waals surface area contributed by atoms with Gasteiger partial charge in [-0.05, 0) is 116 Å². The van der Waals surface area contributed by atoms with Gasteiger partial charge in [-0.15, -0.1) is 0 Å². The van der Waals surface area contributed by atoms with E-state index in [1.54, 1.807) is 28.4 Å². The summed E-state index contributed by atoms with van der Waals surface area (Å²) in [7, 11) is 8.36. The van der Waals surface area contributed by atoms with E-state index in [2.05, 4.69) is 24.1 Å². The maximum absolute atomic E-state index is 14.1. The maximum atomic E-state index is 14.1. The number of hydrogen-bond donors (Lipinski definition) is 3. The Bertz CT molecular complexity index is 3010. The summed E-state index contributed by atoms with van der Waals surface area (Å²) in [6, 6.07) is 26.4. The van der Waals surface area contributed by atoms with Crippen LogP contribution in [0.15, 0.2) is 97.3 Å². The van der Waals surface area contributed by atoms with Crippen LogP contribution in [0.3, 0.4) is 0 Å². The number of anilines is 1. The molecule has 5 heterocycles. The number of fused-ring (bicyclic) bond motifs is 2. The molecule has 2 saturated heterocycles. The first-order chi connectivity index (χ1) is 40.3. The number of unbranched alkanes of at least 4 members (excludes halogenated alkanes) is 2. The second-order valence-corrected chi connectivity index (χ2v) is 21.6. The van der Waals surface area contributed by atoms with Gasteiger partial charge in [-0.2, -0.15) is 0 Å². The Morgan fingerprint density at radius 1 is 0.627 bits per heavy atom. The van der Waals surface area contributed by atoms with Crippen molar-refractivity contribution in [3.8, 4) is 46.0 Å². The van der Waals surface area contributed by atoms with Crippen LogP contribution in [-0.2, 0) is 39.1 Å². The van der Waals surface area contributed by atoms with E-state index in [9.17, 15) is 29.4 Å². The summed E-state index contributed by atoms with van der Waals surface area (Å²) >= 11 is 0. The highest BCUT2D eigenvalue weighted by molar-refractivity contribution is 5.94. The molecule has 0 radical (unpaired) electrons. The zero-order valence-electron chi connectivity index (χ0n) is 49.0. The lowest BCUT2D eigenvalue weighted by atomic mass is 9.83. The standard InChI is InChI=1S/C35H43N3O7.C29H38N2O7/c1-5-6-17-38(26-13-10-16-36(2)20-26)32(39)22-37-21-27(25-18-30(43-4)34-31(19-25)44-23-45-34)33(35(40)41)28(37)14-9-12-24-11-7-8-15-29(24)42-3;1-4-5-13-30-26(32)17-31-16-21(20-14-24(36-3)28-25(15-20)37-18-38-28)27(29(33)34)22(31)11-8-10-19-9-6-7-12-23(19)35-2/h7-8,10-11,13,15-16,18-20,27-28,33H,5-6,9,12,14,17,21-23H2,1-4H3;6-7,9,12,14-15,21-22,27H,4-5,8,10-11,13,16-18H2,1-3H3,(H,30,32)(H,33,34)/p+1/t27-,28+,33-;21-,22+,27-/m11/s1. The number of aromatic nitrogens is 1. The molecule has 0 spiro atoms. The fourth-order valence-corrected chi connectivity index (χ4v) is 12.3. The Balaban J connectivity index is 0.000000220. The average molecular weight is 1150 g/mol. The largest absolute Gasteiger partial charge is 0.496 e. The van der Waals surface area contributed by atoms with Gasteiger partial charge in [0.25, 0.3) is 0 Å². The Morgan fingerprint density at radius 3 is 1.59 bits per heavy atom. The lowest BCUT2D eigenvalue weighted by Crippen LogP contribution is -2.45. The summed E-state index contributed by atoms with van der Waals surface area (Å²) in [5.41, 5.74) is 4.60. The number of nitrogens with zero attached hydrogens (tertiary/aromatic N) is 4. The van der Waals surface area contributed by atoms with E-state index in [1.165, 1.54) is 0 Å². The number of likely N-dealkylation sites (tertiary alicyclic amines) is 2. The molecule has 0 aliphatic carbocycles. The van der Waals surface area contributed by atoms with Gasteiger partial charge in [-0.1, -0.05) is 63.1 Å². The van der Waals surface area contributed by atoms with Crippen molar-refractivity contribution in [2.75, 3.05) is 86.2 Å². The van der Waals surface area contributed by atoms with Gasteiger partial charge in [-0.3, -0.25) is 29.0 Å². The highest BCUT2D eigenvalue weighted by atomic mass is 16.7. The minimum atomic E-state index is -0.883. The van der Waals surface area contributed by atoms with Crippen LogP contribution in [0.1, 0.15) is 99.3 Å². The number of para-hydroxylation sites is 2. The number of aryl methyl sites for hydroxylation is 3. The van der Waals surface area contributed by atoms with E-state index >= 15 is 0 Å². The van der Waals surface area contributed by atoms with Crippen molar-refractivity contribution in [2.45, 2.75) is 102 Å². The first kappa shape index (κ1) is 61.3. The van der Waals surface area contributed by atoms with E-state index in [1.807, 2.05) is 119 Å². The summed E-state index contributed by atoms with van der Waals surface area (Å²) in [4.78, 5) is 58.6. The molecule has 446 valence electrons. The number of carbonyl (C=O) groups excluding carboxylic acids is 2. The van der Waals surface area contributed by atoms with Gasteiger partial charge in [0, 0.05) is 56.2 Å². The van der Waals surface area contributed by atoms with Gasteiger partial charge in [0.2, 0.25) is 36.9 Å². The summed E-state index contributed by atoms with van der Waals surface area (Å²) in [6.45, 7) is 6.70. The Hall–Kier alpha value is -7.77. The zero-order chi connectivity index (χ0) is 59.0. The molecule has 2 fully saturated rings. The van der Waals surface area contributed by atoms with Crippen LogP contribution in [0.2, 0.25) is 0 Å². The molecule has 4 aromatic carbocycles. The minimum Gasteiger partial charge on any atom is -0.496 e. The number of aliphatic carboxylic acids is 2. The van der Waals surface area contributed by atoms with Gasteiger partial charge in [0.15, 0.2) is 35.4 Å². The lowest BCUT2D eigenvalue weighted by molar-refractivity contribution is -0.670. The fraction of sp³-hybridized carbons (Fsp3) is 0.484. The zero-order valence-corrected chi connectivity index (χ0v) is 49.0. The van der Waals surface area contributed by atoms with E-state index < -0.39 is 23.8 Å². The van der Waals surface area contributed by atoms with Gasteiger partial charge in [0.1, 0.15) is 24.2 Å². The molecule has 0 bridgehead atoms. The number of carbonyl (C=O) groups is 4. The molecule has 5 aromatic rings. The number of carboxylic acid groups (broad SMARTS) is 2. The molecule has 19 nitrogen and oxygen atoms in total. The maximum Gasteiger partial charge on any atom is 0.308 e. The van der Waals surface area contributed by atoms with E-state index in [4.69, 9.17) is 37.9 Å². The Morgan fingerprint density at radius 2 is 1.12 bits per heavy atom. The molecule has 1 aromatic heterocycles. The van der Waals surface area contributed by atoms with Gasteiger partial charge < -0.3 is 58.3 Å². The highest BCUT2D eigenvalue weighted by Gasteiger charge is 2.49. The topological polar surface area (TPSA) is 208 Å². The molecule has 0 saturated carbocycles. The minimum absolute atomic E-state index is 0.0440. The number of ether oxygens (including phenoxy) is 8. The van der Waals surface area contributed by atoms with Crippen molar-refractivity contribution in [3.05, 3.63) is 120 Å². The number of benzene rings is 4. The predicted molar refractivity (Wildman–Crippen MR) is 311 cm³/mol. The third kappa shape index (κ3) is 14.9. The van der Waals surface area contributed by atoms with Crippen molar-refractivity contribution in [2.24, 2.45) is 18.9 Å². The first-order valence-electron chi connectivity index (χ1n) is 29.0. The van der Waals surface area contributed by atoms with Crippen LogP contribution in [0.5, 0.6) is 46.0 Å². The molecular formula is C64H82N5O14+. The van der Waals surface area contributed by atoms with Gasteiger partial charge >= 0.3 is 11.9 Å².